The molecule has 0 saturated heterocycles. The van der Waals surface area contributed by atoms with Crippen molar-refractivity contribution in [3.63, 3.8) is 0 Å². The lowest BCUT2D eigenvalue weighted by atomic mass is 10.3. The average Bonchev–Trinajstić information content (AvgIpc) is 2.54. The molecule has 0 aliphatic heterocycles. The third-order valence-electron chi connectivity index (χ3n) is 2.89. The summed E-state index contributed by atoms with van der Waals surface area (Å²) in [6.07, 6.45) is 0. The molecule has 0 radical (unpaired) electrons. The molecule has 0 aliphatic carbocycles. The van der Waals surface area contributed by atoms with Crippen LogP contribution in [-0.2, 0) is 30.4 Å². The van der Waals surface area contributed by atoms with Gasteiger partial charge in [0.25, 0.3) is 0 Å². The highest BCUT2D eigenvalue weighted by atomic mass is 32.3. The van der Waals surface area contributed by atoms with Gasteiger partial charge in [0.2, 0.25) is 11.8 Å². The Morgan fingerprint density at radius 1 is 0.724 bits per heavy atom. The van der Waals surface area contributed by atoms with E-state index < -0.39 is 36.1 Å². The zero-order valence-electron chi connectivity index (χ0n) is 15.2. The lowest BCUT2D eigenvalue weighted by Crippen LogP contribution is -2.31. The Kier molecular flexibility index (Phi) is 8.21. The predicted molar refractivity (Wildman–Crippen MR) is 104 cm³/mol. The van der Waals surface area contributed by atoms with Gasteiger partial charge in [0.15, 0.2) is 0 Å². The Morgan fingerprint density at radius 3 is 1.45 bits per heavy atom. The summed E-state index contributed by atoms with van der Waals surface area (Å²) in [4.78, 5) is 21.2. The molecule has 2 N–H and O–H groups in total. The SMILES string of the molecule is CC(=O)Nc1ccc(N(S(=O)(=O)F)S(=O)(=O)F)cc1.CC(=O)Nc1ccccc1. The Morgan fingerprint density at radius 2 is 1.10 bits per heavy atom. The summed E-state index contributed by atoms with van der Waals surface area (Å²) in [5.74, 6) is -0.466. The number of nitrogens with one attached hydrogen (secondary N) is 2. The normalized spacial score (nSPS) is 10.9. The van der Waals surface area contributed by atoms with E-state index in [-0.39, 0.29) is 11.6 Å². The van der Waals surface area contributed by atoms with Crippen molar-refractivity contribution in [2.75, 3.05) is 14.3 Å². The van der Waals surface area contributed by atoms with E-state index in [1.165, 1.54) is 13.8 Å². The molecule has 2 aromatic carbocycles. The molecule has 0 bridgehead atoms. The van der Waals surface area contributed by atoms with E-state index >= 15 is 0 Å². The largest absolute Gasteiger partial charge is 0.414 e. The van der Waals surface area contributed by atoms with E-state index in [0.29, 0.717) is 0 Å². The van der Waals surface area contributed by atoms with Gasteiger partial charge in [-0.05, 0) is 36.4 Å². The highest BCUT2D eigenvalue weighted by Crippen LogP contribution is 2.25. The summed E-state index contributed by atoms with van der Waals surface area (Å²) in [6.45, 7) is 2.70. The van der Waals surface area contributed by atoms with E-state index in [2.05, 4.69) is 10.6 Å². The van der Waals surface area contributed by atoms with E-state index in [1.807, 2.05) is 30.3 Å². The average molecular weight is 449 g/mol. The Labute approximate surface area is 167 Å². The van der Waals surface area contributed by atoms with Gasteiger partial charge in [-0.2, -0.15) is 16.8 Å². The predicted octanol–water partition coefficient (Wildman–Crippen LogP) is 2.53. The van der Waals surface area contributed by atoms with Crippen LogP contribution in [-0.4, -0.2) is 28.6 Å². The second-order valence-corrected chi connectivity index (χ2v) is 7.97. The van der Waals surface area contributed by atoms with Gasteiger partial charge in [-0.25, -0.2) is 0 Å². The first-order valence-electron chi connectivity index (χ1n) is 7.70. The number of hydrogen-bond donors (Lipinski definition) is 2. The highest BCUT2D eigenvalue weighted by molar-refractivity contribution is 8.05. The third kappa shape index (κ3) is 8.66. The molecular formula is C16H17F2N3O6S2. The molecule has 9 nitrogen and oxygen atoms in total. The van der Waals surface area contributed by atoms with Crippen molar-refractivity contribution in [3.8, 4) is 0 Å². The van der Waals surface area contributed by atoms with Crippen LogP contribution in [0.25, 0.3) is 0 Å². The number of carbonyl (C=O) groups excluding carboxylic acids is 2. The van der Waals surface area contributed by atoms with Crippen molar-refractivity contribution in [3.05, 3.63) is 54.6 Å². The van der Waals surface area contributed by atoms with Crippen molar-refractivity contribution < 1.29 is 34.2 Å². The number of para-hydroxylation sites is 1. The number of halogens is 2. The number of benzene rings is 2. The molecule has 0 unspecified atom stereocenters. The molecule has 0 heterocycles. The summed E-state index contributed by atoms with van der Waals surface area (Å²) in [7, 11) is -11.7. The Hall–Kier alpha value is -3.06. The number of amides is 2. The van der Waals surface area contributed by atoms with Crippen molar-refractivity contribution in [2.24, 2.45) is 0 Å². The van der Waals surface area contributed by atoms with Crippen molar-refractivity contribution in [1.82, 2.24) is 0 Å². The van der Waals surface area contributed by atoms with E-state index in [1.54, 1.807) is 0 Å². The van der Waals surface area contributed by atoms with Gasteiger partial charge in [-0.3, -0.25) is 9.59 Å². The van der Waals surface area contributed by atoms with E-state index in [0.717, 1.165) is 30.0 Å². The fourth-order valence-corrected chi connectivity index (χ4v) is 3.55. The van der Waals surface area contributed by atoms with E-state index in [4.69, 9.17) is 0 Å². The van der Waals surface area contributed by atoms with Crippen LogP contribution in [0.5, 0.6) is 0 Å². The van der Waals surface area contributed by atoms with Crippen molar-refractivity contribution >= 4 is 49.7 Å². The van der Waals surface area contributed by atoms with Crippen LogP contribution in [0.2, 0.25) is 0 Å². The molecule has 0 saturated carbocycles. The van der Waals surface area contributed by atoms with Gasteiger partial charge in [0, 0.05) is 25.2 Å². The maximum atomic E-state index is 12.8. The highest BCUT2D eigenvalue weighted by Gasteiger charge is 2.34. The molecule has 13 heteroatoms. The number of hydrogen-bond acceptors (Lipinski definition) is 6. The van der Waals surface area contributed by atoms with Gasteiger partial charge in [-0.1, -0.05) is 26.0 Å². The smallest absolute Gasteiger partial charge is 0.326 e. The maximum Gasteiger partial charge on any atom is 0.414 e. The van der Waals surface area contributed by atoms with Crippen LogP contribution in [0.15, 0.2) is 54.6 Å². The van der Waals surface area contributed by atoms with Gasteiger partial charge >= 0.3 is 20.8 Å². The number of rotatable bonds is 5. The molecule has 2 rings (SSSR count). The first-order chi connectivity index (χ1) is 13.3. The van der Waals surface area contributed by atoms with Crippen LogP contribution in [0, 0.1) is 0 Å². The fourth-order valence-electron chi connectivity index (χ4n) is 1.95. The summed E-state index contributed by atoms with van der Waals surface area (Å²) in [5, 5.41) is 4.97. The standard InChI is InChI=1S/C8H8F2N2O5S2.C8H9NO/c1-6(13)11-7-2-4-8(5-3-7)12(18(9,14)15)19(10,16)17;1-7(10)9-8-5-3-2-4-6-8/h2-5H,1H3,(H,11,13);2-6H,1H3,(H,9,10). The first kappa shape index (κ1) is 24.0. The van der Waals surface area contributed by atoms with Crippen LogP contribution in [0.3, 0.4) is 0 Å². The minimum atomic E-state index is -5.83. The Balaban J connectivity index is 0.000000352. The molecule has 158 valence electrons. The second-order valence-electron chi connectivity index (χ2n) is 5.36. The van der Waals surface area contributed by atoms with Gasteiger partial charge in [-0.15, -0.1) is 3.71 Å². The molecule has 0 atom stereocenters. The van der Waals surface area contributed by atoms with E-state index in [9.17, 15) is 34.2 Å². The first-order valence-corrected chi connectivity index (χ1v) is 10.4. The quantitative estimate of drug-likeness (QED) is 0.675. The van der Waals surface area contributed by atoms with Gasteiger partial charge in [0.1, 0.15) is 0 Å². The van der Waals surface area contributed by atoms with Crippen LogP contribution in [0.1, 0.15) is 13.8 Å². The zero-order chi connectivity index (χ0) is 22.2. The minimum Gasteiger partial charge on any atom is -0.326 e. The lowest BCUT2D eigenvalue weighted by Gasteiger charge is -2.14. The van der Waals surface area contributed by atoms with Crippen LogP contribution >= 0.6 is 0 Å². The number of anilines is 3. The zero-order valence-corrected chi connectivity index (χ0v) is 16.8. The molecule has 2 aromatic rings. The maximum absolute atomic E-state index is 12.8. The molecular weight excluding hydrogens is 432 g/mol. The monoisotopic (exact) mass is 449 g/mol. The van der Waals surface area contributed by atoms with Gasteiger partial charge in [0.05, 0.1) is 5.69 Å². The molecule has 29 heavy (non-hydrogen) atoms. The lowest BCUT2D eigenvalue weighted by molar-refractivity contribution is -0.115. The molecule has 0 fully saturated rings. The molecule has 2 amide bonds. The molecule has 0 aliphatic rings. The van der Waals surface area contributed by atoms with Crippen LogP contribution in [0.4, 0.5) is 24.8 Å². The third-order valence-corrected chi connectivity index (χ3v) is 5.17. The Bertz CT molecular complexity index is 1030. The summed E-state index contributed by atoms with van der Waals surface area (Å²) < 4.78 is 67.0. The number of nitrogens with zero attached hydrogens (tertiary/aromatic N) is 1. The van der Waals surface area contributed by atoms with Crippen molar-refractivity contribution in [2.45, 2.75) is 13.8 Å². The van der Waals surface area contributed by atoms with Crippen LogP contribution < -0.4 is 14.3 Å². The molecule has 0 spiro atoms. The van der Waals surface area contributed by atoms with Gasteiger partial charge < -0.3 is 10.6 Å². The van der Waals surface area contributed by atoms with Crippen molar-refractivity contribution in [1.29, 1.82) is 0 Å². The fraction of sp³-hybridized carbons (Fsp3) is 0.125. The number of carbonyl (C=O) groups is 2. The minimum absolute atomic E-state index is 0.0359. The summed E-state index contributed by atoms with van der Waals surface area (Å²) in [5.41, 5.74) is 0.276. The second kappa shape index (κ2) is 9.93. The molecule has 0 aromatic heterocycles. The summed E-state index contributed by atoms with van der Waals surface area (Å²) in [6, 6.07) is 13.2. The topological polar surface area (TPSA) is 130 Å². The summed E-state index contributed by atoms with van der Waals surface area (Å²) >= 11 is 0.